The Hall–Kier alpha value is -3.65. The summed E-state index contributed by atoms with van der Waals surface area (Å²) < 4.78 is 26.8. The summed E-state index contributed by atoms with van der Waals surface area (Å²) in [4.78, 5) is 25.6. The van der Waals surface area contributed by atoms with E-state index >= 15 is 0 Å². The quantitative estimate of drug-likeness (QED) is 0.568. The van der Waals surface area contributed by atoms with E-state index in [-0.39, 0.29) is 10.8 Å². The molecule has 0 atom stereocenters. The molecule has 3 aromatic rings. The van der Waals surface area contributed by atoms with Gasteiger partial charge in [0.2, 0.25) is 0 Å². The molecular formula is C25H27N3O4S. The molecule has 0 heterocycles. The van der Waals surface area contributed by atoms with Crippen LogP contribution in [0.1, 0.15) is 41.5 Å². The second-order valence-electron chi connectivity index (χ2n) is 8.54. The molecule has 0 aliphatic carbocycles. The highest BCUT2D eigenvalue weighted by Gasteiger charge is 2.22. The second kappa shape index (κ2) is 9.46. The van der Waals surface area contributed by atoms with Crippen LogP contribution < -0.4 is 14.9 Å². The number of nitrogens with one attached hydrogen (secondary N) is 2. The van der Waals surface area contributed by atoms with Gasteiger partial charge in [-0.1, -0.05) is 30.3 Å². The van der Waals surface area contributed by atoms with Gasteiger partial charge < -0.3 is 10.6 Å². The normalized spacial score (nSPS) is 11.5. The molecule has 172 valence electrons. The Bertz CT molecular complexity index is 1250. The van der Waals surface area contributed by atoms with Crippen molar-refractivity contribution in [3.8, 4) is 0 Å². The monoisotopic (exact) mass is 465 g/mol. The lowest BCUT2D eigenvalue weighted by Crippen LogP contribution is -2.40. The molecule has 0 fully saturated rings. The van der Waals surface area contributed by atoms with Crippen LogP contribution in [0.25, 0.3) is 0 Å². The van der Waals surface area contributed by atoms with Gasteiger partial charge in [0, 0.05) is 18.2 Å². The highest BCUT2D eigenvalue weighted by molar-refractivity contribution is 7.92. The number of anilines is 2. The fourth-order valence-corrected chi connectivity index (χ4v) is 4.32. The second-order valence-corrected chi connectivity index (χ2v) is 10.5. The van der Waals surface area contributed by atoms with Gasteiger partial charge in [0.05, 0.1) is 21.8 Å². The van der Waals surface area contributed by atoms with Crippen LogP contribution in [-0.4, -0.2) is 32.8 Å². The number of amides is 2. The Kier molecular flexibility index (Phi) is 6.88. The van der Waals surface area contributed by atoms with E-state index < -0.39 is 21.5 Å². The number of carbonyl (C=O) groups excluding carboxylic acids is 2. The van der Waals surface area contributed by atoms with Crippen LogP contribution in [0.2, 0.25) is 0 Å². The van der Waals surface area contributed by atoms with Crippen molar-refractivity contribution in [3.63, 3.8) is 0 Å². The van der Waals surface area contributed by atoms with Crippen molar-refractivity contribution >= 4 is 33.2 Å². The summed E-state index contributed by atoms with van der Waals surface area (Å²) in [5.41, 5.74) is 1.06. The van der Waals surface area contributed by atoms with Crippen LogP contribution in [0.3, 0.4) is 0 Å². The highest BCUT2D eigenvalue weighted by Crippen LogP contribution is 2.23. The first kappa shape index (κ1) is 24.0. The molecule has 3 aromatic carbocycles. The number of hydrogen-bond acceptors (Lipinski definition) is 4. The van der Waals surface area contributed by atoms with Crippen LogP contribution in [-0.2, 0) is 10.0 Å². The summed E-state index contributed by atoms with van der Waals surface area (Å²) >= 11 is 0. The van der Waals surface area contributed by atoms with E-state index in [1.807, 2.05) is 20.8 Å². The van der Waals surface area contributed by atoms with Gasteiger partial charge in [0.1, 0.15) is 0 Å². The van der Waals surface area contributed by atoms with E-state index in [0.717, 1.165) is 4.31 Å². The Labute approximate surface area is 194 Å². The molecule has 0 aromatic heterocycles. The molecule has 33 heavy (non-hydrogen) atoms. The third kappa shape index (κ3) is 5.78. The minimum Gasteiger partial charge on any atom is -0.347 e. The number of hydrogen-bond donors (Lipinski definition) is 2. The summed E-state index contributed by atoms with van der Waals surface area (Å²) in [5, 5.41) is 5.65. The first-order chi connectivity index (χ1) is 15.5. The van der Waals surface area contributed by atoms with Gasteiger partial charge in [0.25, 0.3) is 21.8 Å². The Morgan fingerprint density at radius 2 is 1.36 bits per heavy atom. The SMILES string of the molecule is CN(c1ccc(C(=O)Nc2ccccc2C(=O)NC(C)(C)C)cc1)S(=O)(=O)c1ccccc1. The summed E-state index contributed by atoms with van der Waals surface area (Å²) in [6.45, 7) is 5.63. The minimum atomic E-state index is -3.72. The number of nitrogens with zero attached hydrogens (tertiary/aromatic N) is 1. The van der Waals surface area contributed by atoms with Crippen LogP contribution in [0, 0.1) is 0 Å². The number of sulfonamides is 1. The average molecular weight is 466 g/mol. The van der Waals surface area contributed by atoms with Crippen molar-refractivity contribution in [2.45, 2.75) is 31.2 Å². The van der Waals surface area contributed by atoms with Crippen molar-refractivity contribution in [1.29, 1.82) is 0 Å². The minimum absolute atomic E-state index is 0.180. The predicted octanol–water partition coefficient (Wildman–Crippen LogP) is 4.29. The zero-order valence-corrected chi connectivity index (χ0v) is 19.8. The van der Waals surface area contributed by atoms with Gasteiger partial charge in [-0.05, 0) is 69.3 Å². The first-order valence-electron chi connectivity index (χ1n) is 10.4. The predicted molar refractivity (Wildman–Crippen MR) is 130 cm³/mol. The van der Waals surface area contributed by atoms with Crippen LogP contribution in [0.15, 0.2) is 83.8 Å². The molecule has 0 aliphatic rings. The van der Waals surface area contributed by atoms with E-state index in [9.17, 15) is 18.0 Å². The molecule has 0 bridgehead atoms. The van der Waals surface area contributed by atoms with Crippen molar-refractivity contribution < 1.29 is 18.0 Å². The smallest absolute Gasteiger partial charge is 0.264 e. The molecule has 8 heteroatoms. The first-order valence-corrected chi connectivity index (χ1v) is 11.8. The lowest BCUT2D eigenvalue weighted by Gasteiger charge is -2.21. The Balaban J connectivity index is 1.78. The molecule has 2 N–H and O–H groups in total. The molecule has 0 saturated heterocycles. The number of carbonyl (C=O) groups is 2. The van der Waals surface area contributed by atoms with Crippen molar-refractivity contribution in [3.05, 3.63) is 90.0 Å². The van der Waals surface area contributed by atoms with Gasteiger partial charge in [-0.3, -0.25) is 13.9 Å². The molecule has 0 spiro atoms. The highest BCUT2D eigenvalue weighted by atomic mass is 32.2. The molecular weight excluding hydrogens is 438 g/mol. The average Bonchev–Trinajstić information content (AvgIpc) is 2.78. The van der Waals surface area contributed by atoms with E-state index in [2.05, 4.69) is 10.6 Å². The molecule has 7 nitrogen and oxygen atoms in total. The maximum Gasteiger partial charge on any atom is 0.264 e. The van der Waals surface area contributed by atoms with E-state index in [1.54, 1.807) is 66.7 Å². The third-order valence-electron chi connectivity index (χ3n) is 4.80. The number of para-hydroxylation sites is 1. The Morgan fingerprint density at radius 1 is 0.788 bits per heavy atom. The Morgan fingerprint density at radius 3 is 1.97 bits per heavy atom. The van der Waals surface area contributed by atoms with Gasteiger partial charge >= 0.3 is 0 Å². The number of benzene rings is 3. The maximum absolute atomic E-state index is 12.8. The standard InChI is InChI=1S/C25H27N3O4S/c1-25(2,3)27-24(30)21-12-8-9-13-22(21)26-23(29)18-14-16-19(17-15-18)28(4)33(31,32)20-10-6-5-7-11-20/h5-17H,1-4H3,(H,26,29)(H,27,30). The van der Waals surface area contributed by atoms with E-state index in [4.69, 9.17) is 0 Å². The zero-order valence-electron chi connectivity index (χ0n) is 19.0. The summed E-state index contributed by atoms with van der Waals surface area (Å²) in [6, 6.07) is 21.1. The maximum atomic E-state index is 12.8. The lowest BCUT2D eigenvalue weighted by atomic mass is 10.1. The van der Waals surface area contributed by atoms with Gasteiger partial charge in [-0.2, -0.15) is 0 Å². The largest absolute Gasteiger partial charge is 0.347 e. The molecule has 0 aliphatic heterocycles. The van der Waals surface area contributed by atoms with Crippen molar-refractivity contribution in [2.24, 2.45) is 0 Å². The van der Waals surface area contributed by atoms with Gasteiger partial charge in [-0.25, -0.2) is 8.42 Å². The van der Waals surface area contributed by atoms with Crippen molar-refractivity contribution in [1.82, 2.24) is 5.32 Å². The topological polar surface area (TPSA) is 95.6 Å². The van der Waals surface area contributed by atoms with Crippen molar-refractivity contribution in [2.75, 3.05) is 16.7 Å². The summed E-state index contributed by atoms with van der Waals surface area (Å²) in [5.74, 6) is -0.701. The third-order valence-corrected chi connectivity index (χ3v) is 6.60. The van der Waals surface area contributed by atoms with Gasteiger partial charge in [-0.15, -0.1) is 0 Å². The van der Waals surface area contributed by atoms with Crippen LogP contribution in [0.5, 0.6) is 0 Å². The molecule has 0 saturated carbocycles. The number of rotatable bonds is 6. The molecule has 0 radical (unpaired) electrons. The molecule has 0 unspecified atom stereocenters. The zero-order chi connectivity index (χ0) is 24.2. The molecule has 3 rings (SSSR count). The molecule has 2 amide bonds. The van der Waals surface area contributed by atoms with E-state index in [0.29, 0.717) is 22.5 Å². The fourth-order valence-electron chi connectivity index (χ4n) is 3.10. The van der Waals surface area contributed by atoms with Crippen LogP contribution in [0.4, 0.5) is 11.4 Å². The van der Waals surface area contributed by atoms with E-state index in [1.165, 1.54) is 19.2 Å². The fraction of sp³-hybridized carbons (Fsp3) is 0.200. The summed E-state index contributed by atoms with van der Waals surface area (Å²) in [6.07, 6.45) is 0. The lowest BCUT2D eigenvalue weighted by molar-refractivity contribution is 0.0920. The summed E-state index contributed by atoms with van der Waals surface area (Å²) in [7, 11) is -2.26. The van der Waals surface area contributed by atoms with Gasteiger partial charge in [0.15, 0.2) is 0 Å². The van der Waals surface area contributed by atoms with Crippen LogP contribution >= 0.6 is 0 Å².